The number of aryl methyl sites for hydroxylation is 2. The van der Waals surface area contributed by atoms with Crippen LogP contribution in [0.4, 0.5) is 0 Å². The lowest BCUT2D eigenvalue weighted by molar-refractivity contribution is -0.138. The molecule has 0 aromatic heterocycles. The van der Waals surface area contributed by atoms with Crippen LogP contribution in [0.3, 0.4) is 0 Å². The minimum Gasteiger partial charge on any atom is -0.489 e. The molecule has 1 unspecified atom stereocenters. The molecule has 2 aliphatic rings. The Balaban J connectivity index is 2.10. The summed E-state index contributed by atoms with van der Waals surface area (Å²) in [5.74, 6) is -0.737. The third kappa shape index (κ3) is 2.50. The third-order valence-corrected chi connectivity index (χ3v) is 4.04. The molecule has 0 spiro atoms. The summed E-state index contributed by atoms with van der Waals surface area (Å²) in [6.07, 6.45) is 9.07. The van der Waals surface area contributed by atoms with Crippen LogP contribution in [0, 0.1) is 19.8 Å². The Morgan fingerprint density at radius 2 is 1.86 bits per heavy atom. The topological polar surface area (TPSA) is 46.5 Å². The highest BCUT2D eigenvalue weighted by molar-refractivity contribution is 5.87. The average molecular weight is 294 g/mol. The van der Waals surface area contributed by atoms with Gasteiger partial charge < -0.3 is 9.84 Å². The van der Waals surface area contributed by atoms with Crippen LogP contribution in [-0.2, 0) is 9.53 Å². The van der Waals surface area contributed by atoms with Gasteiger partial charge in [0.25, 0.3) is 0 Å². The van der Waals surface area contributed by atoms with Crippen LogP contribution in [0.5, 0.6) is 0 Å². The number of carbonyl (C=O) groups is 1. The molecule has 3 nitrogen and oxygen atoms in total. The minimum atomic E-state index is -0.857. The molecule has 1 aliphatic heterocycles. The van der Waals surface area contributed by atoms with Gasteiger partial charge in [-0.3, -0.25) is 4.79 Å². The van der Waals surface area contributed by atoms with Crippen molar-refractivity contribution in [3.63, 3.8) is 0 Å². The van der Waals surface area contributed by atoms with Gasteiger partial charge in [-0.25, -0.2) is 0 Å². The van der Waals surface area contributed by atoms with Crippen molar-refractivity contribution in [2.45, 2.75) is 13.8 Å². The summed E-state index contributed by atoms with van der Waals surface area (Å²) < 4.78 is 5.69. The monoisotopic (exact) mass is 294 g/mol. The maximum absolute atomic E-state index is 11.2. The quantitative estimate of drug-likeness (QED) is 0.902. The van der Waals surface area contributed by atoms with E-state index in [-0.39, 0.29) is 0 Å². The zero-order valence-corrected chi connectivity index (χ0v) is 12.7. The molecule has 0 saturated carbocycles. The number of carboxylic acids is 1. The first-order valence-electron chi connectivity index (χ1n) is 7.31. The zero-order chi connectivity index (χ0) is 15.7. The lowest BCUT2D eigenvalue weighted by atomic mass is 9.89. The fourth-order valence-electron chi connectivity index (χ4n) is 2.94. The van der Waals surface area contributed by atoms with Crippen molar-refractivity contribution in [2.75, 3.05) is 6.61 Å². The first-order valence-corrected chi connectivity index (χ1v) is 7.31. The van der Waals surface area contributed by atoms with Crippen LogP contribution >= 0.6 is 0 Å². The summed E-state index contributed by atoms with van der Waals surface area (Å²) >= 11 is 0. The minimum absolute atomic E-state index is 0.498. The third-order valence-electron chi connectivity index (χ3n) is 4.04. The summed E-state index contributed by atoms with van der Waals surface area (Å²) in [4.78, 5) is 11.2. The van der Waals surface area contributed by atoms with Gasteiger partial charge in [-0.2, -0.15) is 0 Å². The molecule has 1 aromatic rings. The lowest BCUT2D eigenvalue weighted by Crippen LogP contribution is -2.07. The first-order chi connectivity index (χ1) is 10.6. The number of aliphatic carboxylic acids is 1. The van der Waals surface area contributed by atoms with E-state index in [1.54, 1.807) is 18.2 Å². The van der Waals surface area contributed by atoms with Crippen molar-refractivity contribution >= 4 is 11.5 Å². The van der Waals surface area contributed by atoms with E-state index >= 15 is 0 Å². The molecule has 22 heavy (non-hydrogen) atoms. The molecule has 0 bridgehead atoms. The van der Waals surface area contributed by atoms with E-state index in [1.807, 2.05) is 12.1 Å². The standard InChI is InChI=1S/C19H18O3/c1-12-4-3-5-13(2)18(12)16-10-11-22-17-9-7-14(19(20)21)6-8-15(16)17/h3-10,14H,11H2,1-2H3,(H,20,21). The zero-order valence-electron chi connectivity index (χ0n) is 12.7. The number of carboxylic acid groups (broad SMARTS) is 1. The fraction of sp³-hybridized carbons (Fsp3) is 0.211. The second-order valence-electron chi connectivity index (χ2n) is 5.56. The number of rotatable bonds is 2. The number of ether oxygens (including phenoxy) is 1. The van der Waals surface area contributed by atoms with Gasteiger partial charge in [0.15, 0.2) is 0 Å². The molecule has 1 heterocycles. The van der Waals surface area contributed by atoms with Gasteiger partial charge in [0.1, 0.15) is 12.4 Å². The Hall–Kier alpha value is -2.55. The fourth-order valence-corrected chi connectivity index (χ4v) is 2.94. The predicted molar refractivity (Wildman–Crippen MR) is 86.3 cm³/mol. The highest BCUT2D eigenvalue weighted by atomic mass is 16.5. The smallest absolute Gasteiger partial charge is 0.314 e. The molecule has 1 atom stereocenters. The summed E-state index contributed by atoms with van der Waals surface area (Å²) in [6, 6.07) is 6.23. The van der Waals surface area contributed by atoms with Crippen molar-refractivity contribution in [2.24, 2.45) is 5.92 Å². The predicted octanol–water partition coefficient (Wildman–Crippen LogP) is 3.80. The van der Waals surface area contributed by atoms with Crippen molar-refractivity contribution in [3.05, 3.63) is 76.6 Å². The van der Waals surface area contributed by atoms with E-state index in [4.69, 9.17) is 4.74 Å². The highest BCUT2D eigenvalue weighted by Gasteiger charge is 2.21. The van der Waals surface area contributed by atoms with Crippen molar-refractivity contribution in [1.82, 2.24) is 0 Å². The van der Waals surface area contributed by atoms with Crippen molar-refractivity contribution in [3.8, 4) is 0 Å². The molecule has 1 N–H and O–H groups in total. The molecule has 0 saturated heterocycles. The van der Waals surface area contributed by atoms with Gasteiger partial charge >= 0.3 is 5.97 Å². The Bertz CT molecular complexity index is 728. The maximum atomic E-state index is 11.2. The molecule has 0 fully saturated rings. The molecule has 0 radical (unpaired) electrons. The Labute approximate surface area is 129 Å². The molecule has 0 amide bonds. The van der Waals surface area contributed by atoms with E-state index in [0.29, 0.717) is 6.61 Å². The number of allylic oxidation sites excluding steroid dienone is 4. The lowest BCUT2D eigenvalue weighted by Gasteiger charge is -2.21. The number of hydrogen-bond acceptors (Lipinski definition) is 2. The molecule has 1 aliphatic carbocycles. The van der Waals surface area contributed by atoms with Crippen LogP contribution in [-0.4, -0.2) is 17.7 Å². The Morgan fingerprint density at radius 1 is 1.18 bits per heavy atom. The van der Waals surface area contributed by atoms with E-state index in [9.17, 15) is 9.90 Å². The van der Waals surface area contributed by atoms with Crippen molar-refractivity contribution < 1.29 is 14.6 Å². The van der Waals surface area contributed by atoms with Crippen LogP contribution in [0.15, 0.2) is 59.9 Å². The van der Waals surface area contributed by atoms with Gasteiger partial charge in [-0.1, -0.05) is 36.4 Å². The van der Waals surface area contributed by atoms with Gasteiger partial charge in [0, 0.05) is 5.57 Å². The summed E-state index contributed by atoms with van der Waals surface area (Å²) in [6.45, 7) is 4.68. The van der Waals surface area contributed by atoms with Gasteiger partial charge in [-0.15, -0.1) is 0 Å². The second kappa shape index (κ2) is 5.68. The Morgan fingerprint density at radius 3 is 2.55 bits per heavy atom. The van der Waals surface area contributed by atoms with Gasteiger partial charge in [-0.05, 0) is 48.3 Å². The summed E-state index contributed by atoms with van der Waals surface area (Å²) in [7, 11) is 0. The van der Waals surface area contributed by atoms with Crippen LogP contribution in [0.1, 0.15) is 16.7 Å². The molecule has 3 rings (SSSR count). The van der Waals surface area contributed by atoms with E-state index in [0.717, 1.165) is 16.9 Å². The Kier molecular flexibility index (Phi) is 3.72. The number of hydrogen-bond donors (Lipinski definition) is 1. The summed E-state index contributed by atoms with van der Waals surface area (Å²) in [5, 5.41) is 9.19. The van der Waals surface area contributed by atoms with Gasteiger partial charge in [0.05, 0.1) is 5.92 Å². The van der Waals surface area contributed by atoms with Crippen molar-refractivity contribution in [1.29, 1.82) is 0 Å². The molecular formula is C19H18O3. The SMILES string of the molecule is Cc1cccc(C)c1C1=CCOC2=C1C=CC(C(=O)O)C=C2. The highest BCUT2D eigenvalue weighted by Crippen LogP contribution is 2.36. The van der Waals surface area contributed by atoms with Crippen LogP contribution in [0.25, 0.3) is 5.57 Å². The largest absolute Gasteiger partial charge is 0.489 e. The summed E-state index contributed by atoms with van der Waals surface area (Å²) in [5.41, 5.74) is 5.67. The van der Waals surface area contributed by atoms with E-state index in [1.165, 1.54) is 16.7 Å². The van der Waals surface area contributed by atoms with Gasteiger partial charge in [0.2, 0.25) is 0 Å². The van der Waals surface area contributed by atoms with E-state index in [2.05, 4.69) is 32.1 Å². The normalized spacial score (nSPS) is 20.1. The maximum Gasteiger partial charge on any atom is 0.314 e. The van der Waals surface area contributed by atoms with Crippen LogP contribution in [0.2, 0.25) is 0 Å². The molecule has 112 valence electrons. The molecule has 1 aromatic carbocycles. The number of benzene rings is 1. The molecule has 3 heteroatoms. The molecular weight excluding hydrogens is 276 g/mol. The van der Waals surface area contributed by atoms with Crippen LogP contribution < -0.4 is 0 Å². The first kappa shape index (κ1) is 14.4. The average Bonchev–Trinajstić information content (AvgIpc) is 2.70. The van der Waals surface area contributed by atoms with E-state index < -0.39 is 11.9 Å². The second-order valence-corrected chi connectivity index (χ2v) is 5.56.